The van der Waals surface area contributed by atoms with Gasteiger partial charge in [-0.05, 0) is 43.4 Å². The van der Waals surface area contributed by atoms with Gasteiger partial charge in [0.1, 0.15) is 5.75 Å². The van der Waals surface area contributed by atoms with Crippen LogP contribution in [0.4, 0.5) is 5.69 Å². The van der Waals surface area contributed by atoms with Crippen molar-refractivity contribution in [1.82, 2.24) is 5.32 Å². The van der Waals surface area contributed by atoms with Crippen molar-refractivity contribution < 1.29 is 9.53 Å². The average Bonchev–Trinajstić information content (AvgIpc) is 2.60. The van der Waals surface area contributed by atoms with E-state index in [1.165, 1.54) is 0 Å². The zero-order valence-corrected chi connectivity index (χ0v) is 14.8. The highest BCUT2D eigenvalue weighted by Crippen LogP contribution is 2.29. The lowest BCUT2D eigenvalue weighted by atomic mass is 10.0. The molecule has 5 nitrogen and oxygen atoms in total. The van der Waals surface area contributed by atoms with Crippen LogP contribution in [0.2, 0.25) is 0 Å². The Morgan fingerprint density at radius 1 is 1.43 bits per heavy atom. The summed E-state index contributed by atoms with van der Waals surface area (Å²) in [4.78, 5) is 14.4. The summed E-state index contributed by atoms with van der Waals surface area (Å²) < 4.78 is 5.43. The Kier molecular flexibility index (Phi) is 7.05. The van der Waals surface area contributed by atoms with Gasteiger partial charge >= 0.3 is 0 Å². The molecule has 23 heavy (non-hydrogen) atoms. The first kappa shape index (κ1) is 17.9. The number of para-hydroxylation sites is 2. The minimum absolute atomic E-state index is 0.0187. The molecule has 0 bridgehead atoms. The fourth-order valence-corrected chi connectivity index (χ4v) is 3.33. The fraction of sp³-hybridized carbons (Fsp3) is 0.588. The molecule has 0 aromatic heterocycles. The molecule has 1 aromatic carbocycles. The molecule has 3 N–H and O–H groups in total. The molecule has 1 atom stereocenters. The summed E-state index contributed by atoms with van der Waals surface area (Å²) in [6, 6.07) is 7.88. The van der Waals surface area contributed by atoms with Gasteiger partial charge < -0.3 is 20.7 Å². The van der Waals surface area contributed by atoms with Gasteiger partial charge in [0.15, 0.2) is 0 Å². The molecule has 0 saturated carbocycles. The topological polar surface area (TPSA) is 67.6 Å². The van der Waals surface area contributed by atoms with Crippen molar-refractivity contribution in [3.63, 3.8) is 0 Å². The fourth-order valence-electron chi connectivity index (χ4n) is 2.84. The highest BCUT2D eigenvalue weighted by Gasteiger charge is 2.24. The van der Waals surface area contributed by atoms with E-state index in [-0.39, 0.29) is 11.9 Å². The summed E-state index contributed by atoms with van der Waals surface area (Å²) in [6.45, 7) is 1.82. The molecule has 6 heteroatoms. The number of hydrogen-bond acceptors (Lipinski definition) is 5. The molecule has 0 unspecified atom stereocenters. The van der Waals surface area contributed by atoms with E-state index in [1.807, 2.05) is 24.5 Å². The molecule has 1 aliphatic heterocycles. The molecular weight excluding hydrogens is 310 g/mol. The molecule has 0 aliphatic carbocycles. The summed E-state index contributed by atoms with van der Waals surface area (Å²) in [5.41, 5.74) is 7.05. The van der Waals surface area contributed by atoms with Gasteiger partial charge in [-0.2, -0.15) is 11.8 Å². The van der Waals surface area contributed by atoms with Crippen molar-refractivity contribution in [2.45, 2.75) is 31.3 Å². The van der Waals surface area contributed by atoms with Gasteiger partial charge in [0.25, 0.3) is 0 Å². The molecule has 1 aromatic rings. The standard InChI is InChI=1S/C17H27N3O2S/c1-22-16-6-4-3-5-15(16)20-10-7-13(8-11-20)19-17(21)14(18)9-12-23-2/h3-6,13-14H,7-12,18H2,1-2H3,(H,19,21)/t14-/m0/s1. The molecule has 0 radical (unpaired) electrons. The van der Waals surface area contributed by atoms with Crippen LogP contribution in [-0.2, 0) is 4.79 Å². The lowest BCUT2D eigenvalue weighted by Crippen LogP contribution is -2.49. The number of amides is 1. The Hall–Kier alpha value is -1.40. The summed E-state index contributed by atoms with van der Waals surface area (Å²) in [5, 5.41) is 3.10. The van der Waals surface area contributed by atoms with Crippen LogP contribution in [0, 0.1) is 0 Å². The molecule has 2 rings (SSSR count). The van der Waals surface area contributed by atoms with E-state index < -0.39 is 6.04 Å². The van der Waals surface area contributed by atoms with Crippen LogP contribution in [0.25, 0.3) is 0 Å². The molecular formula is C17H27N3O2S. The minimum Gasteiger partial charge on any atom is -0.495 e. The van der Waals surface area contributed by atoms with Crippen LogP contribution in [0.15, 0.2) is 24.3 Å². The molecule has 1 saturated heterocycles. The Morgan fingerprint density at radius 2 is 2.13 bits per heavy atom. The first-order valence-corrected chi connectivity index (χ1v) is 9.48. The molecule has 1 heterocycles. The van der Waals surface area contributed by atoms with E-state index in [0.29, 0.717) is 0 Å². The monoisotopic (exact) mass is 337 g/mol. The summed E-state index contributed by atoms with van der Waals surface area (Å²) in [5.74, 6) is 1.80. The zero-order valence-electron chi connectivity index (χ0n) is 14.0. The summed E-state index contributed by atoms with van der Waals surface area (Å²) >= 11 is 1.72. The van der Waals surface area contributed by atoms with Crippen molar-refractivity contribution in [1.29, 1.82) is 0 Å². The lowest BCUT2D eigenvalue weighted by molar-refractivity contribution is -0.123. The van der Waals surface area contributed by atoms with Gasteiger partial charge in [-0.25, -0.2) is 0 Å². The number of carbonyl (C=O) groups excluding carboxylic acids is 1. The van der Waals surface area contributed by atoms with E-state index in [2.05, 4.69) is 16.3 Å². The van der Waals surface area contributed by atoms with Crippen molar-refractivity contribution in [3.05, 3.63) is 24.3 Å². The van der Waals surface area contributed by atoms with Gasteiger partial charge in [-0.3, -0.25) is 4.79 Å². The maximum absolute atomic E-state index is 12.1. The molecule has 1 fully saturated rings. The van der Waals surface area contributed by atoms with Crippen LogP contribution in [0.5, 0.6) is 5.75 Å². The predicted molar refractivity (Wildman–Crippen MR) is 97.3 cm³/mol. The maximum Gasteiger partial charge on any atom is 0.237 e. The number of carbonyl (C=O) groups is 1. The quantitative estimate of drug-likeness (QED) is 0.795. The van der Waals surface area contributed by atoms with Crippen LogP contribution >= 0.6 is 11.8 Å². The van der Waals surface area contributed by atoms with Crippen LogP contribution in [0.1, 0.15) is 19.3 Å². The van der Waals surface area contributed by atoms with Crippen LogP contribution < -0.4 is 20.7 Å². The highest BCUT2D eigenvalue weighted by molar-refractivity contribution is 7.98. The second-order valence-corrected chi connectivity index (χ2v) is 6.82. The number of rotatable bonds is 7. The minimum atomic E-state index is -0.394. The number of nitrogens with two attached hydrogens (primary N) is 1. The smallest absolute Gasteiger partial charge is 0.237 e. The number of piperidine rings is 1. The molecule has 1 aliphatic rings. The van der Waals surface area contributed by atoms with E-state index in [9.17, 15) is 4.79 Å². The maximum atomic E-state index is 12.1. The van der Waals surface area contributed by atoms with E-state index in [1.54, 1.807) is 18.9 Å². The summed E-state index contributed by atoms with van der Waals surface area (Å²) in [6.07, 6.45) is 4.61. The zero-order chi connectivity index (χ0) is 16.7. The Labute approximate surface area is 142 Å². The third kappa shape index (κ3) is 5.04. The molecule has 1 amide bonds. The number of methoxy groups -OCH3 is 1. The van der Waals surface area contributed by atoms with E-state index >= 15 is 0 Å². The Balaban J connectivity index is 1.83. The molecule has 0 spiro atoms. The lowest BCUT2D eigenvalue weighted by Gasteiger charge is -2.35. The molecule has 128 valence electrons. The second kappa shape index (κ2) is 9.03. The van der Waals surface area contributed by atoms with Crippen molar-refractivity contribution in [2.24, 2.45) is 5.73 Å². The first-order valence-electron chi connectivity index (χ1n) is 8.08. The highest BCUT2D eigenvalue weighted by atomic mass is 32.2. The number of anilines is 1. The van der Waals surface area contributed by atoms with Crippen molar-refractivity contribution >= 4 is 23.4 Å². The van der Waals surface area contributed by atoms with Crippen molar-refractivity contribution in [2.75, 3.05) is 37.1 Å². The number of nitrogens with zero attached hydrogens (tertiary/aromatic N) is 1. The Bertz CT molecular complexity index is 504. The van der Waals surface area contributed by atoms with E-state index in [0.717, 1.165) is 49.5 Å². The number of benzene rings is 1. The number of nitrogens with one attached hydrogen (secondary N) is 1. The number of ether oxygens (including phenoxy) is 1. The largest absolute Gasteiger partial charge is 0.495 e. The SMILES string of the molecule is COc1ccccc1N1CCC(NC(=O)[C@@H](N)CCSC)CC1. The Morgan fingerprint density at radius 3 is 2.78 bits per heavy atom. The van der Waals surface area contributed by atoms with Gasteiger partial charge in [-0.1, -0.05) is 12.1 Å². The van der Waals surface area contributed by atoms with Crippen molar-refractivity contribution in [3.8, 4) is 5.75 Å². The average molecular weight is 337 g/mol. The van der Waals surface area contributed by atoms with Crippen LogP contribution in [0.3, 0.4) is 0 Å². The first-order chi connectivity index (χ1) is 11.2. The number of thioether (sulfide) groups is 1. The van der Waals surface area contributed by atoms with Gasteiger partial charge in [0.2, 0.25) is 5.91 Å². The normalized spacial score (nSPS) is 16.9. The summed E-state index contributed by atoms with van der Waals surface area (Å²) in [7, 11) is 1.70. The van der Waals surface area contributed by atoms with Gasteiger partial charge in [0.05, 0.1) is 18.8 Å². The van der Waals surface area contributed by atoms with E-state index in [4.69, 9.17) is 10.5 Å². The van der Waals surface area contributed by atoms with Crippen LogP contribution in [-0.4, -0.2) is 50.2 Å². The second-order valence-electron chi connectivity index (χ2n) is 5.83. The number of hydrogen-bond donors (Lipinski definition) is 2. The third-order valence-electron chi connectivity index (χ3n) is 4.24. The van der Waals surface area contributed by atoms with Gasteiger partial charge in [-0.15, -0.1) is 0 Å². The van der Waals surface area contributed by atoms with Gasteiger partial charge in [0, 0.05) is 19.1 Å². The third-order valence-corrected chi connectivity index (χ3v) is 4.88. The predicted octanol–water partition coefficient (Wildman–Crippen LogP) is 1.86.